The summed E-state index contributed by atoms with van der Waals surface area (Å²) in [5, 5.41) is 3.53. The van der Waals surface area contributed by atoms with Gasteiger partial charge >= 0.3 is 0 Å². The SMILES string of the molecule is CNC1CCCC1CN1CCC2CCCCC21. The standard InChI is InChI=1S/C15H28N2/c1-16-14-7-4-6-13(14)11-17-10-9-12-5-2-3-8-15(12)17/h12-16H,2-11H2,1H3. The van der Waals surface area contributed by atoms with E-state index in [-0.39, 0.29) is 0 Å². The van der Waals surface area contributed by atoms with Crippen LogP contribution in [-0.4, -0.2) is 37.1 Å². The van der Waals surface area contributed by atoms with Crippen molar-refractivity contribution in [3.05, 3.63) is 0 Å². The van der Waals surface area contributed by atoms with E-state index in [0.717, 1.165) is 23.9 Å². The summed E-state index contributed by atoms with van der Waals surface area (Å²) in [6.45, 7) is 2.77. The molecular weight excluding hydrogens is 208 g/mol. The Morgan fingerprint density at radius 2 is 1.88 bits per heavy atom. The summed E-state index contributed by atoms with van der Waals surface area (Å²) in [5.41, 5.74) is 0. The molecule has 0 aromatic rings. The summed E-state index contributed by atoms with van der Waals surface area (Å²) in [7, 11) is 2.15. The van der Waals surface area contributed by atoms with Crippen LogP contribution in [-0.2, 0) is 0 Å². The lowest BCUT2D eigenvalue weighted by atomic mass is 9.85. The minimum Gasteiger partial charge on any atom is -0.317 e. The Morgan fingerprint density at radius 1 is 1.00 bits per heavy atom. The smallest absolute Gasteiger partial charge is 0.0124 e. The second-order valence-electron chi connectivity index (χ2n) is 6.48. The Morgan fingerprint density at radius 3 is 2.76 bits per heavy atom. The van der Waals surface area contributed by atoms with Crippen LogP contribution >= 0.6 is 0 Å². The molecule has 1 heterocycles. The molecule has 0 spiro atoms. The van der Waals surface area contributed by atoms with E-state index < -0.39 is 0 Å². The van der Waals surface area contributed by atoms with Crippen molar-refractivity contribution in [1.29, 1.82) is 0 Å². The van der Waals surface area contributed by atoms with E-state index in [1.165, 1.54) is 64.5 Å². The molecule has 3 aliphatic rings. The highest BCUT2D eigenvalue weighted by Gasteiger charge is 2.38. The summed E-state index contributed by atoms with van der Waals surface area (Å²) in [6, 6.07) is 1.76. The third kappa shape index (κ3) is 2.39. The van der Waals surface area contributed by atoms with Gasteiger partial charge in [0.1, 0.15) is 0 Å². The maximum absolute atomic E-state index is 3.53. The van der Waals surface area contributed by atoms with E-state index in [1.807, 2.05) is 0 Å². The van der Waals surface area contributed by atoms with Crippen molar-refractivity contribution >= 4 is 0 Å². The van der Waals surface area contributed by atoms with E-state index in [0.29, 0.717) is 0 Å². The lowest BCUT2D eigenvalue weighted by Gasteiger charge is -2.34. The predicted molar refractivity (Wildman–Crippen MR) is 72.1 cm³/mol. The van der Waals surface area contributed by atoms with Crippen LogP contribution in [0.2, 0.25) is 0 Å². The van der Waals surface area contributed by atoms with Crippen molar-refractivity contribution in [1.82, 2.24) is 10.2 Å². The second kappa shape index (κ2) is 5.27. The normalized spacial score (nSPS) is 42.9. The van der Waals surface area contributed by atoms with E-state index >= 15 is 0 Å². The van der Waals surface area contributed by atoms with Crippen LogP contribution in [0.4, 0.5) is 0 Å². The van der Waals surface area contributed by atoms with Crippen LogP contribution in [0, 0.1) is 11.8 Å². The number of rotatable bonds is 3. The molecule has 1 saturated heterocycles. The van der Waals surface area contributed by atoms with Crippen LogP contribution < -0.4 is 5.32 Å². The Labute approximate surface area is 106 Å². The van der Waals surface area contributed by atoms with Gasteiger partial charge in [-0.05, 0) is 57.5 Å². The van der Waals surface area contributed by atoms with Gasteiger partial charge in [0.05, 0.1) is 0 Å². The van der Waals surface area contributed by atoms with E-state index in [4.69, 9.17) is 0 Å². The van der Waals surface area contributed by atoms with Crippen LogP contribution in [0.25, 0.3) is 0 Å². The highest BCUT2D eigenvalue weighted by molar-refractivity contribution is 4.93. The second-order valence-corrected chi connectivity index (χ2v) is 6.48. The van der Waals surface area contributed by atoms with Gasteiger partial charge in [-0.3, -0.25) is 4.90 Å². The maximum atomic E-state index is 3.53. The van der Waals surface area contributed by atoms with E-state index in [9.17, 15) is 0 Å². The molecule has 2 aliphatic carbocycles. The molecule has 1 aliphatic heterocycles. The molecule has 98 valence electrons. The topological polar surface area (TPSA) is 15.3 Å². The molecule has 1 N–H and O–H groups in total. The molecule has 3 fully saturated rings. The third-order valence-corrected chi connectivity index (χ3v) is 5.62. The minimum absolute atomic E-state index is 0.803. The Balaban J connectivity index is 1.58. The summed E-state index contributed by atoms with van der Waals surface area (Å²) >= 11 is 0. The maximum Gasteiger partial charge on any atom is 0.0124 e. The molecule has 0 amide bonds. The number of nitrogens with one attached hydrogen (secondary N) is 1. The summed E-state index contributed by atoms with van der Waals surface area (Å²) in [5.74, 6) is 1.99. The molecule has 2 nitrogen and oxygen atoms in total. The highest BCUT2D eigenvalue weighted by atomic mass is 15.2. The predicted octanol–water partition coefficient (Wildman–Crippen LogP) is 2.64. The molecule has 3 rings (SSSR count). The average Bonchev–Trinajstić information content (AvgIpc) is 2.97. The number of nitrogens with zero attached hydrogens (tertiary/aromatic N) is 1. The molecule has 0 aromatic heterocycles. The lowest BCUT2D eigenvalue weighted by Crippen LogP contribution is -2.42. The van der Waals surface area contributed by atoms with E-state index in [2.05, 4.69) is 17.3 Å². The number of fused-ring (bicyclic) bond motifs is 1. The first kappa shape index (κ1) is 12.0. The van der Waals surface area contributed by atoms with Gasteiger partial charge in [0.25, 0.3) is 0 Å². The Bertz CT molecular complexity index is 253. The number of hydrogen-bond donors (Lipinski definition) is 1. The molecule has 2 saturated carbocycles. The van der Waals surface area contributed by atoms with Crippen molar-refractivity contribution in [2.24, 2.45) is 11.8 Å². The first-order valence-electron chi connectivity index (χ1n) is 7.80. The van der Waals surface area contributed by atoms with Crippen molar-refractivity contribution in [2.75, 3.05) is 20.1 Å². The van der Waals surface area contributed by atoms with Gasteiger partial charge in [0.2, 0.25) is 0 Å². The quantitative estimate of drug-likeness (QED) is 0.810. The first-order chi connectivity index (χ1) is 8.38. The van der Waals surface area contributed by atoms with Gasteiger partial charge in [-0.2, -0.15) is 0 Å². The van der Waals surface area contributed by atoms with Crippen molar-refractivity contribution < 1.29 is 0 Å². The average molecular weight is 236 g/mol. The van der Waals surface area contributed by atoms with Gasteiger partial charge < -0.3 is 5.32 Å². The zero-order valence-corrected chi connectivity index (χ0v) is 11.3. The summed E-state index contributed by atoms with van der Waals surface area (Å²) in [6.07, 6.45) is 11.8. The fraction of sp³-hybridized carbons (Fsp3) is 1.00. The molecule has 0 radical (unpaired) electrons. The summed E-state index contributed by atoms with van der Waals surface area (Å²) < 4.78 is 0. The van der Waals surface area contributed by atoms with Crippen LogP contribution in [0.3, 0.4) is 0 Å². The molecule has 2 heteroatoms. The monoisotopic (exact) mass is 236 g/mol. The minimum atomic E-state index is 0.803. The van der Waals surface area contributed by atoms with Crippen molar-refractivity contribution in [3.8, 4) is 0 Å². The molecule has 0 bridgehead atoms. The van der Waals surface area contributed by atoms with Crippen LogP contribution in [0.5, 0.6) is 0 Å². The fourth-order valence-corrected chi connectivity index (χ4v) is 4.67. The van der Waals surface area contributed by atoms with Gasteiger partial charge in [-0.1, -0.05) is 19.3 Å². The fourth-order valence-electron chi connectivity index (χ4n) is 4.67. The van der Waals surface area contributed by atoms with E-state index in [1.54, 1.807) is 0 Å². The number of likely N-dealkylation sites (tertiary alicyclic amines) is 1. The molecule has 4 unspecified atom stereocenters. The van der Waals surface area contributed by atoms with Gasteiger partial charge in [0.15, 0.2) is 0 Å². The van der Waals surface area contributed by atoms with Crippen molar-refractivity contribution in [3.63, 3.8) is 0 Å². The third-order valence-electron chi connectivity index (χ3n) is 5.62. The molecule has 0 aromatic carbocycles. The zero-order chi connectivity index (χ0) is 11.7. The summed E-state index contributed by atoms with van der Waals surface area (Å²) in [4.78, 5) is 2.85. The largest absolute Gasteiger partial charge is 0.317 e. The lowest BCUT2D eigenvalue weighted by molar-refractivity contribution is 0.153. The number of hydrogen-bond acceptors (Lipinski definition) is 2. The zero-order valence-electron chi connectivity index (χ0n) is 11.3. The first-order valence-corrected chi connectivity index (χ1v) is 7.80. The van der Waals surface area contributed by atoms with Gasteiger partial charge in [-0.25, -0.2) is 0 Å². The molecule has 4 atom stereocenters. The molecule has 17 heavy (non-hydrogen) atoms. The molecular formula is C15H28N2. The highest BCUT2D eigenvalue weighted by Crippen LogP contribution is 2.38. The van der Waals surface area contributed by atoms with Crippen LogP contribution in [0.1, 0.15) is 51.4 Å². The van der Waals surface area contributed by atoms with Gasteiger partial charge in [0, 0.05) is 18.6 Å². The van der Waals surface area contributed by atoms with Crippen molar-refractivity contribution in [2.45, 2.75) is 63.5 Å². The van der Waals surface area contributed by atoms with Crippen LogP contribution in [0.15, 0.2) is 0 Å². The van der Waals surface area contributed by atoms with Gasteiger partial charge in [-0.15, -0.1) is 0 Å². The Hall–Kier alpha value is -0.0800. The Kier molecular flexibility index (Phi) is 3.72.